The third-order valence-corrected chi connectivity index (χ3v) is 6.58. The van der Waals surface area contributed by atoms with Gasteiger partial charge in [-0.25, -0.2) is 18.4 Å². The van der Waals surface area contributed by atoms with Gasteiger partial charge >= 0.3 is 0 Å². The molecule has 0 spiro atoms. The number of rotatable bonds is 8. The number of anilines is 2. The number of sulfonamides is 1. The van der Waals surface area contributed by atoms with Crippen LogP contribution in [0.3, 0.4) is 0 Å². The van der Waals surface area contributed by atoms with Gasteiger partial charge in [-0.3, -0.25) is 9.52 Å². The van der Waals surface area contributed by atoms with Gasteiger partial charge in [-0.1, -0.05) is 30.3 Å². The van der Waals surface area contributed by atoms with E-state index in [0.29, 0.717) is 17.3 Å². The largest absolute Gasteiger partial charge is 0.325 e. The maximum atomic E-state index is 12.6. The van der Waals surface area contributed by atoms with Gasteiger partial charge in [-0.2, -0.15) is 0 Å². The van der Waals surface area contributed by atoms with E-state index in [1.807, 2.05) is 6.92 Å². The number of amides is 1. The van der Waals surface area contributed by atoms with Crippen molar-refractivity contribution in [3.05, 3.63) is 60.0 Å². The van der Waals surface area contributed by atoms with Crippen LogP contribution in [-0.4, -0.2) is 39.7 Å². The highest BCUT2D eigenvalue weighted by Gasteiger charge is 2.20. The topological polar surface area (TPSA) is 127 Å². The fourth-order valence-electron chi connectivity index (χ4n) is 2.30. The van der Waals surface area contributed by atoms with Crippen molar-refractivity contribution >= 4 is 50.8 Å². The lowest BCUT2D eigenvalue weighted by molar-refractivity contribution is -0.115. The summed E-state index contributed by atoms with van der Waals surface area (Å²) in [6.45, 7) is 1.89. The molecule has 30 heavy (non-hydrogen) atoms. The van der Waals surface area contributed by atoms with Gasteiger partial charge in [0.15, 0.2) is 16.1 Å². The van der Waals surface area contributed by atoms with E-state index in [4.69, 9.17) is 11.6 Å². The van der Waals surface area contributed by atoms with Crippen molar-refractivity contribution in [3.63, 3.8) is 0 Å². The molecule has 0 aliphatic carbocycles. The predicted molar refractivity (Wildman–Crippen MR) is 115 cm³/mol. The SMILES string of the molecule is CCC(Sc1ncccn1)C(=O)Nc1ccc(S(=O)(=O)Nc2ccc(Cl)nn2)cc1. The Balaban J connectivity index is 1.65. The lowest BCUT2D eigenvalue weighted by Gasteiger charge is -2.14. The monoisotopic (exact) mass is 464 g/mol. The van der Waals surface area contributed by atoms with E-state index in [1.54, 1.807) is 18.5 Å². The molecule has 1 amide bonds. The molecule has 9 nitrogen and oxygen atoms in total. The number of hydrogen-bond donors (Lipinski definition) is 2. The lowest BCUT2D eigenvalue weighted by atomic mass is 10.3. The first-order valence-electron chi connectivity index (χ1n) is 8.74. The van der Waals surface area contributed by atoms with Gasteiger partial charge in [0, 0.05) is 18.1 Å². The van der Waals surface area contributed by atoms with Gasteiger partial charge in [0.25, 0.3) is 10.0 Å². The van der Waals surface area contributed by atoms with E-state index >= 15 is 0 Å². The Labute approximate surface area is 182 Å². The Morgan fingerprint density at radius 2 is 1.80 bits per heavy atom. The summed E-state index contributed by atoms with van der Waals surface area (Å²) in [6.07, 6.45) is 3.80. The van der Waals surface area contributed by atoms with E-state index in [-0.39, 0.29) is 27.0 Å². The van der Waals surface area contributed by atoms with Crippen LogP contribution >= 0.6 is 23.4 Å². The Bertz CT molecular complexity index is 1100. The third-order valence-electron chi connectivity index (χ3n) is 3.76. The second kappa shape index (κ2) is 9.83. The normalized spacial score (nSPS) is 12.2. The van der Waals surface area contributed by atoms with Crippen LogP contribution in [0.2, 0.25) is 5.15 Å². The molecule has 0 bridgehead atoms. The fraction of sp³-hybridized carbons (Fsp3) is 0.167. The zero-order valence-corrected chi connectivity index (χ0v) is 18.1. The summed E-state index contributed by atoms with van der Waals surface area (Å²) in [7, 11) is -3.86. The van der Waals surface area contributed by atoms with Crippen LogP contribution in [-0.2, 0) is 14.8 Å². The number of thioether (sulfide) groups is 1. The molecule has 156 valence electrons. The van der Waals surface area contributed by atoms with E-state index in [9.17, 15) is 13.2 Å². The van der Waals surface area contributed by atoms with E-state index in [1.165, 1.54) is 48.2 Å². The van der Waals surface area contributed by atoms with Crippen LogP contribution in [0.1, 0.15) is 13.3 Å². The van der Waals surface area contributed by atoms with Crippen molar-refractivity contribution in [3.8, 4) is 0 Å². The predicted octanol–water partition coefficient (Wildman–Crippen LogP) is 3.23. The molecule has 3 aromatic rings. The minimum Gasteiger partial charge on any atom is -0.325 e. The number of benzene rings is 1. The van der Waals surface area contributed by atoms with Crippen LogP contribution in [0.25, 0.3) is 0 Å². The second-order valence-corrected chi connectivity index (χ2v) is 9.15. The van der Waals surface area contributed by atoms with Gasteiger partial charge < -0.3 is 5.32 Å². The highest BCUT2D eigenvalue weighted by molar-refractivity contribution is 8.00. The first kappa shape index (κ1) is 21.9. The molecule has 0 radical (unpaired) electrons. The average molecular weight is 465 g/mol. The maximum absolute atomic E-state index is 12.6. The fourth-order valence-corrected chi connectivity index (χ4v) is 4.23. The van der Waals surface area contributed by atoms with Crippen molar-refractivity contribution in [1.82, 2.24) is 20.2 Å². The average Bonchev–Trinajstić information content (AvgIpc) is 2.74. The summed E-state index contributed by atoms with van der Waals surface area (Å²) in [5.74, 6) is -0.178. The first-order chi connectivity index (χ1) is 14.4. The first-order valence-corrected chi connectivity index (χ1v) is 11.5. The zero-order chi connectivity index (χ0) is 21.6. The number of nitrogens with zero attached hydrogens (tertiary/aromatic N) is 4. The standard InChI is InChI=1S/C18H17ClN6O3S2/c1-2-14(29-18-20-10-3-11-21-18)17(26)22-12-4-6-13(7-5-12)30(27,28)25-16-9-8-15(19)23-24-16/h3-11,14H,2H2,1H3,(H,22,26)(H,24,25). The van der Waals surface area contributed by atoms with Crippen molar-refractivity contribution in [1.29, 1.82) is 0 Å². The van der Waals surface area contributed by atoms with Crippen molar-refractivity contribution in [2.24, 2.45) is 0 Å². The van der Waals surface area contributed by atoms with Crippen LogP contribution < -0.4 is 10.0 Å². The molecule has 0 saturated carbocycles. The molecule has 0 saturated heterocycles. The molecule has 2 aromatic heterocycles. The minimum absolute atomic E-state index is 0.0105. The number of nitrogens with one attached hydrogen (secondary N) is 2. The molecule has 3 rings (SSSR count). The van der Waals surface area contributed by atoms with Gasteiger partial charge in [-0.15, -0.1) is 10.2 Å². The van der Waals surface area contributed by atoms with Gasteiger partial charge in [0.2, 0.25) is 5.91 Å². The Kier molecular flexibility index (Phi) is 7.19. The zero-order valence-electron chi connectivity index (χ0n) is 15.7. The second-order valence-electron chi connectivity index (χ2n) is 5.91. The van der Waals surface area contributed by atoms with Crippen molar-refractivity contribution in [2.45, 2.75) is 28.6 Å². The smallest absolute Gasteiger partial charge is 0.263 e. The summed E-state index contributed by atoms with van der Waals surface area (Å²) in [6, 6.07) is 10.3. The van der Waals surface area contributed by atoms with Crippen molar-refractivity contribution in [2.75, 3.05) is 10.0 Å². The Morgan fingerprint density at radius 1 is 1.10 bits per heavy atom. The number of carbonyl (C=O) groups is 1. The lowest BCUT2D eigenvalue weighted by Crippen LogP contribution is -2.24. The maximum Gasteiger partial charge on any atom is 0.263 e. The summed E-state index contributed by atoms with van der Waals surface area (Å²) in [5, 5.41) is 10.3. The Hall–Kier alpha value is -2.76. The molecule has 0 fully saturated rings. The molecule has 1 aromatic carbocycles. The van der Waals surface area contributed by atoms with E-state index in [2.05, 4.69) is 30.2 Å². The molecular formula is C18H17ClN6O3S2. The molecule has 0 aliphatic heterocycles. The van der Waals surface area contributed by atoms with E-state index < -0.39 is 10.0 Å². The summed E-state index contributed by atoms with van der Waals surface area (Å²) >= 11 is 6.91. The van der Waals surface area contributed by atoms with Gasteiger partial charge in [-0.05, 0) is 48.9 Å². The van der Waals surface area contributed by atoms with Gasteiger partial charge in [0.1, 0.15) is 0 Å². The van der Waals surface area contributed by atoms with Crippen molar-refractivity contribution < 1.29 is 13.2 Å². The molecule has 12 heteroatoms. The van der Waals surface area contributed by atoms with Gasteiger partial charge in [0.05, 0.1) is 10.1 Å². The highest BCUT2D eigenvalue weighted by atomic mass is 35.5. The Morgan fingerprint density at radius 3 is 2.40 bits per heavy atom. The van der Waals surface area contributed by atoms with Crippen LogP contribution in [0, 0.1) is 0 Å². The summed E-state index contributed by atoms with van der Waals surface area (Å²) in [4.78, 5) is 20.8. The number of carbonyl (C=O) groups excluding carboxylic acids is 1. The van der Waals surface area contributed by atoms with Crippen LogP contribution in [0.5, 0.6) is 0 Å². The third kappa shape index (κ3) is 5.88. The number of hydrogen-bond acceptors (Lipinski definition) is 8. The number of aromatic nitrogens is 4. The van der Waals surface area contributed by atoms with E-state index in [0.717, 1.165) is 0 Å². The molecule has 1 atom stereocenters. The number of halogens is 1. The summed E-state index contributed by atoms with van der Waals surface area (Å²) < 4.78 is 27.2. The summed E-state index contributed by atoms with van der Waals surface area (Å²) in [5.41, 5.74) is 0.471. The highest BCUT2D eigenvalue weighted by Crippen LogP contribution is 2.23. The molecule has 2 heterocycles. The quantitative estimate of drug-likeness (QED) is 0.384. The van der Waals surface area contributed by atoms with Crippen LogP contribution in [0.4, 0.5) is 11.5 Å². The molecular weight excluding hydrogens is 448 g/mol. The minimum atomic E-state index is -3.86. The molecule has 0 aliphatic rings. The molecule has 2 N–H and O–H groups in total. The molecule has 1 unspecified atom stereocenters. The van der Waals surface area contributed by atoms with Crippen LogP contribution in [0.15, 0.2) is 64.9 Å².